The topological polar surface area (TPSA) is 55.8 Å². The molecule has 1 unspecified atom stereocenters. The lowest BCUT2D eigenvalue weighted by atomic mass is 10.1. The van der Waals surface area contributed by atoms with Crippen LogP contribution in [0, 0.1) is 0 Å². The summed E-state index contributed by atoms with van der Waals surface area (Å²) in [5.41, 5.74) is 1.06. The van der Waals surface area contributed by atoms with Gasteiger partial charge in [-0.05, 0) is 44.2 Å². The summed E-state index contributed by atoms with van der Waals surface area (Å²) in [5, 5.41) is 0. The Hall–Kier alpha value is -1.72. The van der Waals surface area contributed by atoms with E-state index in [-0.39, 0.29) is 18.1 Å². The molecule has 1 fully saturated rings. The van der Waals surface area contributed by atoms with Crippen molar-refractivity contribution < 1.29 is 19.1 Å². The summed E-state index contributed by atoms with van der Waals surface area (Å²) in [7, 11) is 0. The monoisotopic (exact) mass is 331 g/mol. The highest BCUT2D eigenvalue weighted by molar-refractivity contribution is 6.21. The van der Waals surface area contributed by atoms with Crippen molar-refractivity contribution in [2.45, 2.75) is 51.2 Å². The van der Waals surface area contributed by atoms with E-state index in [0.717, 1.165) is 51.7 Å². The minimum absolute atomic E-state index is 0.0166. The molecule has 2 amide bonds. The quantitative estimate of drug-likeness (QED) is 0.541. The molecule has 5 heteroatoms. The van der Waals surface area contributed by atoms with E-state index in [1.165, 1.54) is 11.3 Å². The minimum Gasteiger partial charge on any atom is -0.353 e. The summed E-state index contributed by atoms with van der Waals surface area (Å²) in [5.74, 6) is -0.318. The number of unbranched alkanes of at least 4 members (excludes halogenated alkanes) is 3. The van der Waals surface area contributed by atoms with Gasteiger partial charge in [0, 0.05) is 19.8 Å². The SMILES string of the molecule is O=C1c2ccccc2C(=O)N1CCCCCCOC1CCCCO1. The Balaban J connectivity index is 1.30. The van der Waals surface area contributed by atoms with E-state index in [0.29, 0.717) is 17.7 Å². The van der Waals surface area contributed by atoms with Gasteiger partial charge in [0.05, 0.1) is 11.1 Å². The molecule has 1 aromatic rings. The van der Waals surface area contributed by atoms with Gasteiger partial charge in [-0.1, -0.05) is 25.0 Å². The Morgan fingerprint density at radius 2 is 1.71 bits per heavy atom. The molecule has 0 saturated carbocycles. The lowest BCUT2D eigenvalue weighted by molar-refractivity contribution is -0.162. The van der Waals surface area contributed by atoms with Crippen LogP contribution in [-0.2, 0) is 9.47 Å². The zero-order chi connectivity index (χ0) is 16.8. The van der Waals surface area contributed by atoms with Crippen LogP contribution in [0.1, 0.15) is 65.7 Å². The Morgan fingerprint density at radius 3 is 2.38 bits per heavy atom. The number of benzene rings is 1. The van der Waals surface area contributed by atoms with Gasteiger partial charge >= 0.3 is 0 Å². The predicted molar refractivity (Wildman–Crippen MR) is 89.8 cm³/mol. The third kappa shape index (κ3) is 4.02. The normalized spacial score (nSPS) is 20.5. The molecule has 0 radical (unpaired) electrons. The Kier molecular flexibility index (Phi) is 5.99. The molecule has 0 aromatic heterocycles. The molecule has 130 valence electrons. The first-order chi connectivity index (χ1) is 11.8. The number of fused-ring (bicyclic) bond motifs is 1. The third-order valence-electron chi connectivity index (χ3n) is 4.60. The van der Waals surface area contributed by atoms with Crippen molar-refractivity contribution >= 4 is 11.8 Å². The molecule has 0 bridgehead atoms. The van der Waals surface area contributed by atoms with Crippen molar-refractivity contribution in [2.75, 3.05) is 19.8 Å². The summed E-state index contributed by atoms with van der Waals surface area (Å²) < 4.78 is 11.2. The number of hydrogen-bond donors (Lipinski definition) is 0. The van der Waals surface area contributed by atoms with Gasteiger partial charge in [-0.15, -0.1) is 0 Å². The molecule has 0 aliphatic carbocycles. The minimum atomic E-state index is -0.159. The zero-order valence-electron chi connectivity index (χ0n) is 14.0. The van der Waals surface area contributed by atoms with Crippen molar-refractivity contribution in [3.8, 4) is 0 Å². The molecule has 2 heterocycles. The van der Waals surface area contributed by atoms with Gasteiger partial charge in [-0.25, -0.2) is 0 Å². The van der Waals surface area contributed by atoms with Gasteiger partial charge in [0.2, 0.25) is 0 Å². The van der Waals surface area contributed by atoms with Gasteiger partial charge in [0.1, 0.15) is 0 Å². The maximum Gasteiger partial charge on any atom is 0.261 e. The maximum absolute atomic E-state index is 12.2. The second-order valence-corrected chi connectivity index (χ2v) is 6.39. The number of imide groups is 1. The van der Waals surface area contributed by atoms with Crippen LogP contribution in [0.4, 0.5) is 0 Å². The van der Waals surface area contributed by atoms with E-state index in [1.54, 1.807) is 24.3 Å². The average molecular weight is 331 g/mol. The smallest absolute Gasteiger partial charge is 0.261 e. The Bertz CT molecular complexity index is 545. The van der Waals surface area contributed by atoms with Gasteiger partial charge in [0.15, 0.2) is 6.29 Å². The Morgan fingerprint density at radius 1 is 1.00 bits per heavy atom. The van der Waals surface area contributed by atoms with Crippen LogP contribution < -0.4 is 0 Å². The zero-order valence-corrected chi connectivity index (χ0v) is 14.0. The molecule has 1 saturated heterocycles. The molecule has 24 heavy (non-hydrogen) atoms. The van der Waals surface area contributed by atoms with Crippen LogP contribution in [0.5, 0.6) is 0 Å². The standard InChI is InChI=1S/C19H25NO4/c21-18-15-9-3-4-10-16(15)19(22)20(18)12-6-1-2-7-13-23-17-11-5-8-14-24-17/h3-4,9-10,17H,1-2,5-8,11-14H2. The molecule has 0 N–H and O–H groups in total. The first-order valence-electron chi connectivity index (χ1n) is 8.96. The van der Waals surface area contributed by atoms with Crippen LogP contribution >= 0.6 is 0 Å². The fraction of sp³-hybridized carbons (Fsp3) is 0.579. The Labute approximate surface area is 142 Å². The molecule has 2 aliphatic heterocycles. The van der Waals surface area contributed by atoms with E-state index >= 15 is 0 Å². The second-order valence-electron chi connectivity index (χ2n) is 6.39. The molecule has 3 rings (SSSR count). The molecule has 0 spiro atoms. The first-order valence-corrected chi connectivity index (χ1v) is 8.96. The van der Waals surface area contributed by atoms with Crippen molar-refractivity contribution in [2.24, 2.45) is 0 Å². The largest absolute Gasteiger partial charge is 0.353 e. The molecule has 2 aliphatic rings. The molecular formula is C19H25NO4. The average Bonchev–Trinajstić information content (AvgIpc) is 2.87. The fourth-order valence-corrected chi connectivity index (χ4v) is 3.23. The lowest BCUT2D eigenvalue weighted by Crippen LogP contribution is -2.30. The molecule has 5 nitrogen and oxygen atoms in total. The summed E-state index contributed by atoms with van der Waals surface area (Å²) in [6, 6.07) is 7.04. The van der Waals surface area contributed by atoms with Gasteiger partial charge in [-0.2, -0.15) is 0 Å². The van der Waals surface area contributed by atoms with Gasteiger partial charge in [0.25, 0.3) is 11.8 Å². The number of rotatable bonds is 8. The predicted octanol–water partition coefficient (Wildman–Crippen LogP) is 3.39. The lowest BCUT2D eigenvalue weighted by Gasteiger charge is -2.22. The van der Waals surface area contributed by atoms with Gasteiger partial charge < -0.3 is 9.47 Å². The van der Waals surface area contributed by atoms with Crippen molar-refractivity contribution in [3.63, 3.8) is 0 Å². The summed E-state index contributed by atoms with van der Waals surface area (Å²) >= 11 is 0. The van der Waals surface area contributed by atoms with E-state index in [9.17, 15) is 9.59 Å². The number of carbonyl (C=O) groups excluding carboxylic acids is 2. The van der Waals surface area contributed by atoms with E-state index in [1.807, 2.05) is 0 Å². The van der Waals surface area contributed by atoms with Crippen molar-refractivity contribution in [3.05, 3.63) is 35.4 Å². The summed E-state index contributed by atoms with van der Waals surface area (Å²) in [6.07, 6.45) is 7.16. The highest BCUT2D eigenvalue weighted by Crippen LogP contribution is 2.22. The highest BCUT2D eigenvalue weighted by atomic mass is 16.7. The number of nitrogens with zero attached hydrogens (tertiary/aromatic N) is 1. The van der Waals surface area contributed by atoms with E-state index < -0.39 is 0 Å². The number of hydrogen-bond acceptors (Lipinski definition) is 4. The number of ether oxygens (including phenoxy) is 2. The summed E-state index contributed by atoms with van der Waals surface area (Å²) in [6.45, 7) is 2.03. The molecular weight excluding hydrogens is 306 g/mol. The second kappa shape index (κ2) is 8.40. The van der Waals surface area contributed by atoms with E-state index in [4.69, 9.17) is 9.47 Å². The molecule has 1 atom stereocenters. The van der Waals surface area contributed by atoms with Crippen LogP contribution in [0.2, 0.25) is 0 Å². The fourth-order valence-electron chi connectivity index (χ4n) is 3.23. The molecule has 1 aromatic carbocycles. The van der Waals surface area contributed by atoms with Crippen LogP contribution in [0.3, 0.4) is 0 Å². The van der Waals surface area contributed by atoms with Crippen LogP contribution in [0.25, 0.3) is 0 Å². The van der Waals surface area contributed by atoms with Crippen LogP contribution in [-0.4, -0.2) is 42.8 Å². The van der Waals surface area contributed by atoms with Gasteiger partial charge in [-0.3, -0.25) is 14.5 Å². The van der Waals surface area contributed by atoms with E-state index in [2.05, 4.69) is 0 Å². The van der Waals surface area contributed by atoms with Crippen molar-refractivity contribution in [1.82, 2.24) is 4.90 Å². The number of carbonyl (C=O) groups is 2. The highest BCUT2D eigenvalue weighted by Gasteiger charge is 2.34. The third-order valence-corrected chi connectivity index (χ3v) is 4.60. The first kappa shape index (κ1) is 17.1. The van der Waals surface area contributed by atoms with Crippen LogP contribution in [0.15, 0.2) is 24.3 Å². The number of amides is 2. The summed E-state index contributed by atoms with van der Waals surface area (Å²) in [4.78, 5) is 25.8. The maximum atomic E-state index is 12.2. The van der Waals surface area contributed by atoms with Crippen molar-refractivity contribution in [1.29, 1.82) is 0 Å².